The van der Waals surface area contributed by atoms with Gasteiger partial charge in [-0.05, 0) is 29.8 Å². The molecule has 0 bridgehead atoms. The van der Waals surface area contributed by atoms with Crippen molar-refractivity contribution in [2.75, 3.05) is 0 Å². The van der Waals surface area contributed by atoms with Gasteiger partial charge in [0.25, 0.3) is 5.56 Å². The van der Waals surface area contributed by atoms with Crippen LogP contribution in [0.1, 0.15) is 5.56 Å². The monoisotopic (exact) mass is 343 g/mol. The Morgan fingerprint density at radius 1 is 1.00 bits per heavy atom. The molecule has 0 radical (unpaired) electrons. The molecule has 20 heavy (non-hydrogen) atoms. The van der Waals surface area contributed by atoms with E-state index in [1.807, 2.05) is 24.3 Å². The first-order valence-corrected chi connectivity index (χ1v) is 7.69. The van der Waals surface area contributed by atoms with Crippen molar-refractivity contribution >= 4 is 56.4 Å². The molecule has 0 N–H and O–H groups in total. The summed E-state index contributed by atoms with van der Waals surface area (Å²) < 4.78 is 2.62. The molecule has 0 spiro atoms. The molecule has 0 aliphatic carbocycles. The molecule has 1 aromatic heterocycles. The summed E-state index contributed by atoms with van der Waals surface area (Å²) in [6, 6.07) is 10.8. The van der Waals surface area contributed by atoms with Gasteiger partial charge in [-0.15, -0.1) is 0 Å². The van der Waals surface area contributed by atoms with E-state index in [-0.39, 0.29) is 5.56 Å². The molecule has 6 heteroatoms. The van der Waals surface area contributed by atoms with Gasteiger partial charge in [0, 0.05) is 5.02 Å². The van der Waals surface area contributed by atoms with Crippen LogP contribution >= 0.6 is 46.3 Å². The molecule has 0 atom stereocenters. The van der Waals surface area contributed by atoms with Gasteiger partial charge in [-0.1, -0.05) is 58.5 Å². The highest BCUT2D eigenvalue weighted by Gasteiger charge is 2.11. The average Bonchev–Trinajstić information content (AvgIpc) is 2.73. The Hall–Kier alpha value is -1.000. The maximum Gasteiger partial charge on any atom is 0.268 e. The third-order valence-corrected chi connectivity index (χ3v) is 5.10. The van der Waals surface area contributed by atoms with Gasteiger partial charge in [-0.25, -0.2) is 0 Å². The minimum atomic E-state index is -0.0206. The predicted octanol–water partition coefficient (Wildman–Crippen LogP) is 5.07. The maximum atomic E-state index is 12.3. The fourth-order valence-electron chi connectivity index (χ4n) is 1.96. The van der Waals surface area contributed by atoms with Crippen molar-refractivity contribution in [3.63, 3.8) is 0 Å². The van der Waals surface area contributed by atoms with Gasteiger partial charge in [0.05, 0.1) is 26.7 Å². The number of halogens is 3. The molecular formula is C14H8Cl3NOS. The van der Waals surface area contributed by atoms with Gasteiger partial charge in [0.1, 0.15) is 0 Å². The van der Waals surface area contributed by atoms with Gasteiger partial charge in [0.15, 0.2) is 0 Å². The third-order valence-electron chi connectivity index (χ3n) is 2.96. The Labute approximate surface area is 134 Å². The number of nitrogens with zero attached hydrogens (tertiary/aromatic N) is 1. The summed E-state index contributed by atoms with van der Waals surface area (Å²) >= 11 is 19.5. The van der Waals surface area contributed by atoms with Crippen molar-refractivity contribution in [1.82, 2.24) is 3.96 Å². The Kier molecular flexibility index (Phi) is 3.78. The van der Waals surface area contributed by atoms with Crippen LogP contribution in [0.4, 0.5) is 0 Å². The van der Waals surface area contributed by atoms with E-state index >= 15 is 0 Å². The normalized spacial score (nSPS) is 11.2. The lowest BCUT2D eigenvalue weighted by molar-refractivity contribution is 0.855. The quantitative estimate of drug-likeness (QED) is 0.595. The van der Waals surface area contributed by atoms with Crippen molar-refractivity contribution in [2.24, 2.45) is 0 Å². The Morgan fingerprint density at radius 3 is 2.45 bits per heavy atom. The van der Waals surface area contributed by atoms with E-state index < -0.39 is 0 Å². The molecule has 102 valence electrons. The highest BCUT2D eigenvalue weighted by Crippen LogP contribution is 2.30. The highest BCUT2D eigenvalue weighted by molar-refractivity contribution is 7.13. The van der Waals surface area contributed by atoms with Crippen LogP contribution in [0.3, 0.4) is 0 Å². The number of rotatable bonds is 2. The topological polar surface area (TPSA) is 22.0 Å². The summed E-state index contributed by atoms with van der Waals surface area (Å²) in [6.07, 6.45) is 0. The van der Waals surface area contributed by atoms with Crippen LogP contribution in [-0.2, 0) is 6.54 Å². The van der Waals surface area contributed by atoms with Gasteiger partial charge in [-0.3, -0.25) is 8.75 Å². The van der Waals surface area contributed by atoms with Crippen molar-refractivity contribution in [3.05, 3.63) is 67.4 Å². The van der Waals surface area contributed by atoms with Gasteiger partial charge in [-0.2, -0.15) is 0 Å². The van der Waals surface area contributed by atoms with E-state index in [9.17, 15) is 4.79 Å². The molecule has 2 aromatic carbocycles. The van der Waals surface area contributed by atoms with Crippen LogP contribution in [0.5, 0.6) is 0 Å². The molecular weight excluding hydrogens is 337 g/mol. The van der Waals surface area contributed by atoms with Crippen molar-refractivity contribution in [1.29, 1.82) is 0 Å². The molecule has 3 aromatic rings. The van der Waals surface area contributed by atoms with Crippen LogP contribution in [0, 0.1) is 0 Å². The molecule has 0 amide bonds. The molecule has 0 aliphatic heterocycles. The zero-order chi connectivity index (χ0) is 14.3. The zero-order valence-electron chi connectivity index (χ0n) is 10.1. The van der Waals surface area contributed by atoms with Gasteiger partial charge in [0.2, 0.25) is 0 Å². The van der Waals surface area contributed by atoms with E-state index in [0.29, 0.717) is 27.0 Å². The molecule has 3 rings (SSSR count). The summed E-state index contributed by atoms with van der Waals surface area (Å²) in [4.78, 5) is 12.3. The Bertz CT molecular complexity index is 853. The van der Waals surface area contributed by atoms with E-state index in [0.717, 1.165) is 10.3 Å². The van der Waals surface area contributed by atoms with Crippen LogP contribution in [0.15, 0.2) is 41.2 Å². The summed E-state index contributed by atoms with van der Waals surface area (Å²) in [6.45, 7) is 0.383. The van der Waals surface area contributed by atoms with Crippen molar-refractivity contribution in [3.8, 4) is 0 Å². The first-order valence-electron chi connectivity index (χ1n) is 5.78. The first kappa shape index (κ1) is 14.0. The average molecular weight is 345 g/mol. The molecule has 1 heterocycles. The lowest BCUT2D eigenvalue weighted by atomic mass is 10.2. The second kappa shape index (κ2) is 5.41. The zero-order valence-corrected chi connectivity index (χ0v) is 13.2. The van der Waals surface area contributed by atoms with Crippen molar-refractivity contribution < 1.29 is 0 Å². The molecule has 2 nitrogen and oxygen atoms in total. The van der Waals surface area contributed by atoms with Crippen LogP contribution < -0.4 is 5.56 Å². The summed E-state index contributed by atoms with van der Waals surface area (Å²) in [7, 11) is 0. The fraction of sp³-hybridized carbons (Fsp3) is 0.0714. The van der Waals surface area contributed by atoms with E-state index in [2.05, 4.69) is 0 Å². The van der Waals surface area contributed by atoms with Gasteiger partial charge < -0.3 is 0 Å². The molecule has 0 aliphatic rings. The standard InChI is InChI=1S/C14H8Cl3NOS/c15-10-6-12(17)11(16)5-8(10)7-18-14(19)9-3-1-2-4-13(9)20-18/h1-6H,7H2. The largest absolute Gasteiger partial charge is 0.268 e. The fourth-order valence-corrected chi connectivity index (χ4v) is 3.61. The first-order chi connectivity index (χ1) is 9.56. The van der Waals surface area contributed by atoms with Crippen LogP contribution in [0.2, 0.25) is 15.1 Å². The maximum absolute atomic E-state index is 12.3. The summed E-state index contributed by atoms with van der Waals surface area (Å²) in [5.74, 6) is 0. The van der Waals surface area contributed by atoms with E-state index in [1.54, 1.807) is 16.1 Å². The van der Waals surface area contributed by atoms with Crippen molar-refractivity contribution in [2.45, 2.75) is 6.54 Å². The minimum absolute atomic E-state index is 0.0206. The number of aromatic nitrogens is 1. The van der Waals surface area contributed by atoms with Gasteiger partial charge >= 0.3 is 0 Å². The number of benzene rings is 2. The third kappa shape index (κ3) is 2.47. The Morgan fingerprint density at radius 2 is 1.70 bits per heavy atom. The van der Waals surface area contributed by atoms with Crippen LogP contribution in [-0.4, -0.2) is 3.96 Å². The highest BCUT2D eigenvalue weighted by atomic mass is 35.5. The summed E-state index contributed by atoms with van der Waals surface area (Å²) in [5.41, 5.74) is 0.752. The van der Waals surface area contributed by atoms with Crippen LogP contribution in [0.25, 0.3) is 10.1 Å². The van der Waals surface area contributed by atoms with E-state index in [1.165, 1.54) is 11.5 Å². The number of hydrogen-bond donors (Lipinski definition) is 0. The predicted molar refractivity (Wildman–Crippen MR) is 86.7 cm³/mol. The molecule has 0 unspecified atom stereocenters. The number of hydrogen-bond acceptors (Lipinski definition) is 2. The Balaban J connectivity index is 2.08. The molecule has 0 fully saturated rings. The SMILES string of the molecule is O=c1c2ccccc2sn1Cc1cc(Cl)c(Cl)cc1Cl. The molecule has 0 saturated carbocycles. The number of fused-ring (bicyclic) bond motifs is 1. The second-order valence-electron chi connectivity index (χ2n) is 4.29. The smallest absolute Gasteiger partial charge is 0.268 e. The second-order valence-corrected chi connectivity index (χ2v) is 6.57. The summed E-state index contributed by atoms with van der Waals surface area (Å²) in [5, 5.41) is 2.06. The van der Waals surface area contributed by atoms with E-state index in [4.69, 9.17) is 34.8 Å². The lowest BCUT2D eigenvalue weighted by Gasteiger charge is -2.06. The lowest BCUT2D eigenvalue weighted by Crippen LogP contribution is -2.13. The minimum Gasteiger partial charge on any atom is -0.268 e. The molecule has 0 saturated heterocycles.